The fraction of sp³-hybridized carbons (Fsp3) is 0.929. The molecule has 4 N–H and O–H groups in total. The first-order valence-electron chi connectivity index (χ1n) is 13.9. The molecule has 8 heteroatoms. The Bertz CT molecular complexity index is 650. The summed E-state index contributed by atoms with van der Waals surface area (Å²) in [5.74, 6) is -0.259. The van der Waals surface area contributed by atoms with Crippen molar-refractivity contribution in [3.05, 3.63) is 0 Å². The highest BCUT2D eigenvalue weighted by molar-refractivity contribution is 5.69. The zero-order valence-corrected chi connectivity index (χ0v) is 24.2. The number of piperidine rings is 2. The number of carbonyl (C=O) groups is 2. The van der Waals surface area contributed by atoms with Crippen molar-refractivity contribution in [2.24, 2.45) is 0 Å². The van der Waals surface area contributed by atoms with E-state index in [-0.39, 0.29) is 46.3 Å². The molecule has 8 nitrogen and oxygen atoms in total. The molecule has 0 aromatic carbocycles. The van der Waals surface area contributed by atoms with Crippen LogP contribution in [0.2, 0.25) is 0 Å². The van der Waals surface area contributed by atoms with Crippen LogP contribution in [0, 0.1) is 0 Å². The lowest BCUT2D eigenvalue weighted by atomic mass is 9.80. The monoisotopic (exact) mass is 514 g/mol. The summed E-state index contributed by atoms with van der Waals surface area (Å²) in [4.78, 5) is 24.7. The molecular formula is C28H54N2O6+2. The summed E-state index contributed by atoms with van der Waals surface area (Å²) in [7, 11) is 0. The van der Waals surface area contributed by atoms with Gasteiger partial charge in [0.15, 0.2) is 0 Å². The normalized spacial score (nSPS) is 24.4. The molecule has 36 heavy (non-hydrogen) atoms. The molecule has 0 saturated carbocycles. The highest BCUT2D eigenvalue weighted by Crippen LogP contribution is 2.39. The van der Waals surface area contributed by atoms with Crippen molar-refractivity contribution in [2.75, 3.05) is 0 Å². The van der Waals surface area contributed by atoms with Gasteiger partial charge in [-0.15, -0.1) is 0 Å². The van der Waals surface area contributed by atoms with Crippen molar-refractivity contribution in [3.8, 4) is 0 Å². The molecule has 2 aliphatic rings. The average molecular weight is 515 g/mol. The molecule has 2 fully saturated rings. The molecule has 0 radical (unpaired) electrons. The van der Waals surface area contributed by atoms with E-state index in [1.165, 1.54) is 0 Å². The number of hydroxylamine groups is 4. The second kappa shape index (κ2) is 12.1. The van der Waals surface area contributed by atoms with Gasteiger partial charge in [0.2, 0.25) is 0 Å². The lowest BCUT2D eigenvalue weighted by Crippen LogP contribution is -2.60. The van der Waals surface area contributed by atoms with Gasteiger partial charge in [0.1, 0.15) is 12.2 Å². The van der Waals surface area contributed by atoms with Crippen molar-refractivity contribution in [3.63, 3.8) is 0 Å². The zero-order valence-electron chi connectivity index (χ0n) is 24.2. The van der Waals surface area contributed by atoms with Crippen molar-refractivity contribution >= 4 is 11.9 Å². The van der Waals surface area contributed by atoms with Gasteiger partial charge in [-0.3, -0.25) is 9.59 Å². The van der Waals surface area contributed by atoms with E-state index < -0.39 is 0 Å². The number of unbranched alkanes of at least 4 members (excludes halogenated alkanes) is 5. The highest BCUT2D eigenvalue weighted by atomic mass is 16.6. The van der Waals surface area contributed by atoms with Crippen LogP contribution in [-0.4, -0.2) is 66.8 Å². The third kappa shape index (κ3) is 8.67. The predicted molar refractivity (Wildman–Crippen MR) is 142 cm³/mol. The van der Waals surface area contributed by atoms with Gasteiger partial charge in [-0.1, -0.05) is 35.8 Å². The van der Waals surface area contributed by atoms with Crippen LogP contribution in [0.25, 0.3) is 0 Å². The molecule has 2 saturated heterocycles. The summed E-state index contributed by atoms with van der Waals surface area (Å²) < 4.78 is 11.5. The summed E-state index contributed by atoms with van der Waals surface area (Å²) in [5.41, 5.74) is -1.25. The van der Waals surface area contributed by atoms with Gasteiger partial charge < -0.3 is 19.9 Å². The second-order valence-corrected chi connectivity index (χ2v) is 13.6. The molecule has 2 aliphatic heterocycles. The summed E-state index contributed by atoms with van der Waals surface area (Å²) in [6, 6.07) is 0. The molecule has 2 heterocycles. The zero-order chi connectivity index (χ0) is 27.4. The largest absolute Gasteiger partial charge is 0.462 e. The number of ether oxygens (including phenoxy) is 2. The maximum atomic E-state index is 12.3. The van der Waals surface area contributed by atoms with E-state index >= 15 is 0 Å². The van der Waals surface area contributed by atoms with Crippen LogP contribution in [0.4, 0.5) is 0 Å². The van der Waals surface area contributed by atoms with Crippen LogP contribution >= 0.6 is 0 Å². The Balaban J connectivity index is 1.54. The van der Waals surface area contributed by atoms with Crippen molar-refractivity contribution in [2.45, 2.75) is 167 Å². The summed E-state index contributed by atoms with van der Waals surface area (Å²) in [6.07, 6.45) is 9.09. The number of hydrogen-bond donors (Lipinski definition) is 0. The molecule has 0 aliphatic carbocycles. The highest BCUT2D eigenvalue weighted by Gasteiger charge is 2.50. The molecule has 0 unspecified atom stereocenters. The van der Waals surface area contributed by atoms with E-state index in [9.17, 15) is 9.59 Å². The molecule has 2 rings (SSSR count). The fourth-order valence-electron chi connectivity index (χ4n) is 6.28. The molecule has 0 aromatic heterocycles. The molecule has 0 amide bonds. The molecule has 0 atom stereocenters. The third-order valence-electron chi connectivity index (χ3n) is 7.94. The standard InChI is InChI=1S/C28H52N2O6/c1-25(2)17-21(18-26(3,4)29(25)33)35-23(31)15-13-11-9-10-12-14-16-24(32)36-22-19-27(5,6)30(34)28(7,8)20-22/h21-22,33-34H,9-20H2,1-8H3/p+2. The molecule has 0 spiro atoms. The molecule has 0 aromatic rings. The van der Waals surface area contributed by atoms with Crippen LogP contribution in [-0.2, 0) is 19.1 Å². The SMILES string of the molecule is CC1(C)CC(OC(=O)CCCCCCCCC(=O)OC2CC(C)(C)N([OH2+])C(C)(C)C2)CC(C)(C)N1[OH2+]. The van der Waals surface area contributed by atoms with Gasteiger partial charge in [0.25, 0.3) is 0 Å². The van der Waals surface area contributed by atoms with Gasteiger partial charge in [-0.2, -0.15) is 0 Å². The van der Waals surface area contributed by atoms with Crippen LogP contribution in [0.1, 0.15) is 132 Å². The van der Waals surface area contributed by atoms with Gasteiger partial charge in [-0.25, -0.2) is 0 Å². The Kier molecular flexibility index (Phi) is 10.4. The minimum absolute atomic E-state index is 0.125. The average Bonchev–Trinajstić information content (AvgIpc) is 2.71. The van der Waals surface area contributed by atoms with E-state index in [0.29, 0.717) is 38.5 Å². The minimum Gasteiger partial charge on any atom is -0.462 e. The van der Waals surface area contributed by atoms with E-state index in [0.717, 1.165) is 38.5 Å². The lowest BCUT2D eigenvalue weighted by molar-refractivity contribution is -0.259. The first-order valence-corrected chi connectivity index (χ1v) is 13.9. The number of carbonyl (C=O) groups excluding carboxylic acids is 2. The van der Waals surface area contributed by atoms with Gasteiger partial charge in [-0.05, 0) is 68.2 Å². The van der Waals surface area contributed by atoms with Crippen LogP contribution < -0.4 is 0 Å². The Morgan fingerprint density at radius 1 is 0.583 bits per heavy atom. The van der Waals surface area contributed by atoms with Gasteiger partial charge in [0, 0.05) is 38.5 Å². The number of rotatable bonds is 11. The molecule has 210 valence electrons. The van der Waals surface area contributed by atoms with E-state index in [1.54, 1.807) is 10.1 Å². The molecule has 0 bridgehead atoms. The smallest absolute Gasteiger partial charge is 0.306 e. The summed E-state index contributed by atoms with van der Waals surface area (Å²) in [5, 5.41) is 20.0. The topological polar surface area (TPSA) is 105 Å². The third-order valence-corrected chi connectivity index (χ3v) is 7.94. The van der Waals surface area contributed by atoms with Gasteiger partial charge in [0.05, 0.1) is 22.2 Å². The molecular weight excluding hydrogens is 460 g/mol. The Morgan fingerprint density at radius 3 is 1.11 bits per heavy atom. The summed E-state index contributed by atoms with van der Waals surface area (Å²) >= 11 is 0. The van der Waals surface area contributed by atoms with E-state index in [4.69, 9.17) is 19.9 Å². The fourth-order valence-corrected chi connectivity index (χ4v) is 6.28. The predicted octanol–water partition coefficient (Wildman–Crippen LogP) is 4.52. The van der Waals surface area contributed by atoms with Crippen LogP contribution in [0.3, 0.4) is 0 Å². The Morgan fingerprint density at radius 2 is 0.833 bits per heavy atom. The second-order valence-electron chi connectivity index (χ2n) is 13.6. The van der Waals surface area contributed by atoms with Gasteiger partial charge >= 0.3 is 11.9 Å². The van der Waals surface area contributed by atoms with Crippen molar-refractivity contribution < 1.29 is 29.5 Å². The maximum Gasteiger partial charge on any atom is 0.306 e. The number of hydrogen-bond acceptors (Lipinski definition) is 6. The quantitative estimate of drug-likeness (QED) is 0.228. The minimum atomic E-state index is -0.314. The number of esters is 2. The first-order chi connectivity index (χ1) is 16.5. The first kappa shape index (κ1) is 31.0. The summed E-state index contributed by atoms with van der Waals surface area (Å²) in [6.45, 7) is 16.3. The van der Waals surface area contributed by atoms with Crippen molar-refractivity contribution in [1.82, 2.24) is 10.1 Å². The Labute approximate surface area is 218 Å². The van der Waals surface area contributed by atoms with Crippen LogP contribution in [0.5, 0.6) is 0 Å². The van der Waals surface area contributed by atoms with Crippen molar-refractivity contribution in [1.29, 1.82) is 0 Å². The maximum absolute atomic E-state index is 12.3. The van der Waals surface area contributed by atoms with E-state index in [2.05, 4.69) is 0 Å². The Hall–Kier alpha value is -1.22. The van der Waals surface area contributed by atoms with E-state index in [1.807, 2.05) is 55.4 Å². The lowest BCUT2D eigenvalue weighted by Gasteiger charge is -2.47. The number of nitrogens with zero attached hydrogens (tertiary/aromatic N) is 2. The van der Waals surface area contributed by atoms with Crippen LogP contribution in [0.15, 0.2) is 0 Å².